The van der Waals surface area contributed by atoms with Crippen molar-refractivity contribution in [3.8, 4) is 11.1 Å². The van der Waals surface area contributed by atoms with Gasteiger partial charge in [-0.15, -0.1) is 0 Å². The largest absolute Gasteiger partial charge is 0.452 e. The Balaban J connectivity index is 1.51. The van der Waals surface area contributed by atoms with Crippen LogP contribution in [-0.4, -0.2) is 23.4 Å². The van der Waals surface area contributed by atoms with E-state index in [0.29, 0.717) is 5.69 Å². The summed E-state index contributed by atoms with van der Waals surface area (Å²) in [6.45, 7) is -0.472. The van der Waals surface area contributed by atoms with Crippen molar-refractivity contribution in [2.45, 2.75) is 0 Å². The van der Waals surface area contributed by atoms with E-state index in [0.717, 1.165) is 17.2 Å². The molecule has 0 aliphatic rings. The van der Waals surface area contributed by atoms with Crippen molar-refractivity contribution >= 4 is 29.3 Å². The van der Waals surface area contributed by atoms with Crippen LogP contribution in [0, 0.1) is 10.1 Å². The molecular weight excluding hydrogens is 384 g/mol. The maximum atomic E-state index is 12.0. The number of carbonyl (C=O) groups excluding carboxylic acids is 2. The van der Waals surface area contributed by atoms with Crippen molar-refractivity contribution < 1.29 is 19.2 Å². The number of para-hydroxylation sites is 1. The molecule has 0 radical (unpaired) electrons. The minimum atomic E-state index is -0.775. The van der Waals surface area contributed by atoms with Gasteiger partial charge in [-0.05, 0) is 35.4 Å². The molecule has 0 saturated heterocycles. The molecular formula is C23H18N2O5. The Bertz CT molecular complexity index is 1080. The van der Waals surface area contributed by atoms with Crippen molar-refractivity contribution in [2.75, 3.05) is 11.9 Å². The fourth-order valence-electron chi connectivity index (χ4n) is 2.71. The van der Waals surface area contributed by atoms with Gasteiger partial charge in [-0.3, -0.25) is 14.9 Å². The summed E-state index contributed by atoms with van der Waals surface area (Å²) in [7, 11) is 0. The van der Waals surface area contributed by atoms with Crippen LogP contribution in [0.2, 0.25) is 0 Å². The molecule has 0 saturated carbocycles. The SMILES string of the molecule is O=C(COC(=O)/C=C/c1ccccc1[N+](=O)[O-])Nc1ccc(-c2ccccc2)cc1. The third-order valence-corrected chi connectivity index (χ3v) is 4.15. The number of anilines is 1. The van der Waals surface area contributed by atoms with Gasteiger partial charge in [-0.2, -0.15) is 0 Å². The van der Waals surface area contributed by atoms with Crippen molar-refractivity contribution in [3.63, 3.8) is 0 Å². The van der Waals surface area contributed by atoms with Crippen LogP contribution in [0.1, 0.15) is 5.56 Å². The van der Waals surface area contributed by atoms with Crippen LogP contribution >= 0.6 is 0 Å². The van der Waals surface area contributed by atoms with Crippen LogP contribution in [0.25, 0.3) is 17.2 Å². The fourth-order valence-corrected chi connectivity index (χ4v) is 2.71. The van der Waals surface area contributed by atoms with Crippen LogP contribution in [0.15, 0.2) is 84.9 Å². The first-order chi connectivity index (χ1) is 14.5. The van der Waals surface area contributed by atoms with Crippen molar-refractivity contribution in [1.82, 2.24) is 0 Å². The normalized spacial score (nSPS) is 10.5. The summed E-state index contributed by atoms with van der Waals surface area (Å²) in [6.07, 6.45) is 2.32. The number of ether oxygens (including phenoxy) is 1. The number of hydrogen-bond acceptors (Lipinski definition) is 5. The quantitative estimate of drug-likeness (QED) is 0.272. The molecule has 7 nitrogen and oxygen atoms in total. The number of carbonyl (C=O) groups is 2. The molecule has 0 aliphatic heterocycles. The minimum absolute atomic E-state index is 0.127. The molecule has 0 aromatic heterocycles. The van der Waals surface area contributed by atoms with Gasteiger partial charge in [0.05, 0.1) is 10.5 Å². The van der Waals surface area contributed by atoms with E-state index in [4.69, 9.17) is 4.74 Å². The third kappa shape index (κ3) is 5.62. The van der Waals surface area contributed by atoms with Crippen LogP contribution in [0.5, 0.6) is 0 Å². The molecule has 3 aromatic rings. The maximum absolute atomic E-state index is 12.0. The van der Waals surface area contributed by atoms with Gasteiger partial charge in [0.1, 0.15) is 0 Å². The highest BCUT2D eigenvalue weighted by atomic mass is 16.6. The monoisotopic (exact) mass is 402 g/mol. The number of hydrogen-bond donors (Lipinski definition) is 1. The van der Waals surface area contributed by atoms with E-state index in [1.165, 1.54) is 24.3 Å². The van der Waals surface area contributed by atoms with E-state index in [-0.39, 0.29) is 11.3 Å². The molecule has 7 heteroatoms. The average molecular weight is 402 g/mol. The number of amides is 1. The number of nitro benzene ring substituents is 1. The topological polar surface area (TPSA) is 98.5 Å². The number of nitrogens with zero attached hydrogens (tertiary/aromatic N) is 1. The van der Waals surface area contributed by atoms with Crippen molar-refractivity contribution in [3.05, 3.63) is 101 Å². The van der Waals surface area contributed by atoms with Crippen LogP contribution in [-0.2, 0) is 14.3 Å². The summed E-state index contributed by atoms with van der Waals surface area (Å²) in [5.74, 6) is -1.27. The first-order valence-corrected chi connectivity index (χ1v) is 9.06. The lowest BCUT2D eigenvalue weighted by Crippen LogP contribution is -2.20. The summed E-state index contributed by atoms with van der Waals surface area (Å²) >= 11 is 0. The van der Waals surface area contributed by atoms with Gasteiger partial charge >= 0.3 is 5.97 Å². The summed E-state index contributed by atoms with van der Waals surface area (Å²) in [6, 6.07) is 23.1. The summed E-state index contributed by atoms with van der Waals surface area (Å²) < 4.78 is 4.88. The Morgan fingerprint density at radius 3 is 2.23 bits per heavy atom. The zero-order valence-electron chi connectivity index (χ0n) is 15.9. The number of nitrogens with one attached hydrogen (secondary N) is 1. The molecule has 0 aliphatic carbocycles. The second-order valence-corrected chi connectivity index (χ2v) is 6.25. The molecule has 0 unspecified atom stereocenters. The Morgan fingerprint density at radius 2 is 1.53 bits per heavy atom. The van der Waals surface area contributed by atoms with Gasteiger partial charge < -0.3 is 10.1 Å². The van der Waals surface area contributed by atoms with E-state index in [2.05, 4.69) is 5.32 Å². The van der Waals surface area contributed by atoms with Gasteiger partial charge in [-0.1, -0.05) is 54.6 Å². The van der Waals surface area contributed by atoms with Crippen LogP contribution < -0.4 is 5.32 Å². The zero-order valence-corrected chi connectivity index (χ0v) is 15.9. The van der Waals surface area contributed by atoms with Gasteiger partial charge in [0.15, 0.2) is 6.61 Å². The molecule has 0 fully saturated rings. The zero-order chi connectivity index (χ0) is 21.3. The Morgan fingerprint density at radius 1 is 0.900 bits per heavy atom. The predicted octanol–water partition coefficient (Wildman–Crippen LogP) is 4.46. The molecule has 0 bridgehead atoms. The minimum Gasteiger partial charge on any atom is -0.452 e. The first-order valence-electron chi connectivity index (χ1n) is 9.06. The number of rotatable bonds is 7. The third-order valence-electron chi connectivity index (χ3n) is 4.15. The highest BCUT2D eigenvalue weighted by Crippen LogP contribution is 2.21. The first kappa shape index (κ1) is 20.5. The maximum Gasteiger partial charge on any atom is 0.331 e. The number of esters is 1. The fraction of sp³-hybridized carbons (Fsp3) is 0.0435. The molecule has 1 amide bonds. The Kier molecular flexibility index (Phi) is 6.68. The van der Waals surface area contributed by atoms with Crippen molar-refractivity contribution in [1.29, 1.82) is 0 Å². The highest BCUT2D eigenvalue weighted by molar-refractivity contribution is 5.95. The standard InChI is InChI=1S/C23H18N2O5/c26-22(24-20-13-10-18(11-14-20)17-6-2-1-3-7-17)16-30-23(27)15-12-19-8-4-5-9-21(19)25(28)29/h1-15H,16H2,(H,24,26)/b15-12+. The Labute approximate surface area is 172 Å². The molecule has 30 heavy (non-hydrogen) atoms. The summed E-state index contributed by atoms with van der Waals surface area (Å²) in [5.41, 5.74) is 2.79. The summed E-state index contributed by atoms with van der Waals surface area (Å²) in [4.78, 5) is 34.2. The van der Waals surface area contributed by atoms with Gasteiger partial charge in [0.25, 0.3) is 11.6 Å². The predicted molar refractivity (Wildman–Crippen MR) is 114 cm³/mol. The lowest BCUT2D eigenvalue weighted by atomic mass is 10.1. The molecule has 0 spiro atoms. The van der Waals surface area contributed by atoms with E-state index in [1.807, 2.05) is 42.5 Å². The van der Waals surface area contributed by atoms with Crippen LogP contribution in [0.3, 0.4) is 0 Å². The molecule has 150 valence electrons. The highest BCUT2D eigenvalue weighted by Gasteiger charge is 2.11. The van der Waals surface area contributed by atoms with Gasteiger partial charge in [-0.25, -0.2) is 4.79 Å². The van der Waals surface area contributed by atoms with E-state index >= 15 is 0 Å². The lowest BCUT2D eigenvalue weighted by molar-refractivity contribution is -0.385. The second-order valence-electron chi connectivity index (χ2n) is 6.25. The van der Waals surface area contributed by atoms with E-state index in [1.54, 1.807) is 18.2 Å². The number of nitro groups is 1. The van der Waals surface area contributed by atoms with E-state index < -0.39 is 23.4 Å². The second kappa shape index (κ2) is 9.79. The molecule has 0 atom stereocenters. The summed E-state index contributed by atoms with van der Waals surface area (Å²) in [5, 5.41) is 13.6. The number of benzene rings is 3. The van der Waals surface area contributed by atoms with Gasteiger partial charge in [0.2, 0.25) is 0 Å². The van der Waals surface area contributed by atoms with E-state index in [9.17, 15) is 19.7 Å². The molecule has 0 heterocycles. The molecule has 3 aromatic carbocycles. The van der Waals surface area contributed by atoms with Gasteiger partial charge in [0, 0.05) is 17.8 Å². The average Bonchev–Trinajstić information content (AvgIpc) is 2.77. The van der Waals surface area contributed by atoms with Crippen LogP contribution in [0.4, 0.5) is 11.4 Å². The smallest absolute Gasteiger partial charge is 0.331 e. The molecule has 3 rings (SSSR count). The Hall–Kier alpha value is -4.26. The lowest BCUT2D eigenvalue weighted by Gasteiger charge is -2.07. The molecule has 1 N–H and O–H groups in total. The van der Waals surface area contributed by atoms with Crippen molar-refractivity contribution in [2.24, 2.45) is 0 Å².